The highest BCUT2D eigenvalue weighted by Gasteiger charge is 2.35. The Bertz CT molecular complexity index is 480. The van der Waals surface area contributed by atoms with Crippen molar-refractivity contribution in [1.82, 2.24) is 0 Å². The predicted octanol–water partition coefficient (Wildman–Crippen LogP) is 3.54. The molecule has 0 aliphatic heterocycles. The summed E-state index contributed by atoms with van der Waals surface area (Å²) < 4.78 is 50.5. The molecule has 1 unspecified atom stereocenters. The minimum Gasteiger partial charge on any atom is -0.319 e. The van der Waals surface area contributed by atoms with Gasteiger partial charge in [0, 0.05) is 5.56 Å². The maximum atomic E-state index is 13.4. The fourth-order valence-corrected chi connectivity index (χ4v) is 1.85. The zero-order chi connectivity index (χ0) is 14.8. The first kappa shape index (κ1) is 15.6. The third-order valence-electron chi connectivity index (χ3n) is 2.82. The molecule has 0 aliphatic carbocycles. The number of hydrogen-bond donors (Lipinski definition) is 1. The predicted molar refractivity (Wildman–Crippen MR) is 63.2 cm³/mol. The van der Waals surface area contributed by atoms with E-state index in [1.807, 2.05) is 6.92 Å². The molecule has 0 fully saturated rings. The van der Waals surface area contributed by atoms with E-state index in [2.05, 4.69) is 0 Å². The van der Waals surface area contributed by atoms with Gasteiger partial charge in [0.1, 0.15) is 5.82 Å². The Morgan fingerprint density at radius 2 is 1.89 bits per heavy atom. The Morgan fingerprint density at radius 3 is 2.32 bits per heavy atom. The van der Waals surface area contributed by atoms with Gasteiger partial charge in [-0.1, -0.05) is 19.4 Å². The monoisotopic (exact) mass is 277 g/mol. The Kier molecular flexibility index (Phi) is 4.35. The first-order valence-electron chi connectivity index (χ1n) is 5.80. The van der Waals surface area contributed by atoms with Crippen molar-refractivity contribution in [3.05, 3.63) is 35.1 Å². The highest BCUT2D eigenvalue weighted by molar-refractivity contribution is 6.02. The van der Waals surface area contributed by atoms with Crippen molar-refractivity contribution >= 4 is 5.78 Å². The number of carbonyl (C=O) groups is 1. The van der Waals surface area contributed by atoms with Gasteiger partial charge in [-0.2, -0.15) is 13.2 Å². The third kappa shape index (κ3) is 3.53. The van der Waals surface area contributed by atoms with E-state index in [4.69, 9.17) is 5.73 Å². The number of rotatable bonds is 4. The molecule has 0 aromatic heterocycles. The van der Waals surface area contributed by atoms with Gasteiger partial charge in [-0.25, -0.2) is 4.39 Å². The van der Waals surface area contributed by atoms with Crippen LogP contribution in [0, 0.1) is 5.82 Å². The Hall–Kier alpha value is -1.43. The van der Waals surface area contributed by atoms with Crippen LogP contribution in [0.2, 0.25) is 0 Å². The lowest BCUT2D eigenvalue weighted by molar-refractivity contribution is -0.140. The molecule has 1 aromatic carbocycles. The minimum atomic E-state index is -4.78. The van der Waals surface area contributed by atoms with Crippen LogP contribution >= 0.6 is 0 Å². The summed E-state index contributed by atoms with van der Waals surface area (Å²) in [6.07, 6.45) is -3.77. The first-order chi connectivity index (χ1) is 8.59. The van der Waals surface area contributed by atoms with E-state index in [-0.39, 0.29) is 5.56 Å². The highest BCUT2D eigenvalue weighted by atomic mass is 19.4. The van der Waals surface area contributed by atoms with E-state index in [9.17, 15) is 22.4 Å². The van der Waals surface area contributed by atoms with Gasteiger partial charge >= 0.3 is 6.18 Å². The van der Waals surface area contributed by atoms with Crippen molar-refractivity contribution < 1.29 is 22.4 Å². The van der Waals surface area contributed by atoms with E-state index in [1.54, 1.807) is 0 Å². The Morgan fingerprint density at radius 1 is 1.32 bits per heavy atom. The summed E-state index contributed by atoms with van der Waals surface area (Å²) in [6, 6.07) is 2.10. The van der Waals surface area contributed by atoms with Gasteiger partial charge in [0.05, 0.1) is 11.1 Å². The van der Waals surface area contributed by atoms with Gasteiger partial charge in [0.2, 0.25) is 0 Å². The summed E-state index contributed by atoms with van der Waals surface area (Å²) in [4.78, 5) is 12.0. The molecule has 0 aliphatic rings. The lowest BCUT2D eigenvalue weighted by Gasteiger charge is -2.22. The second-order valence-electron chi connectivity index (χ2n) is 4.69. The van der Waals surface area contributed by atoms with Gasteiger partial charge in [-0.15, -0.1) is 0 Å². The highest BCUT2D eigenvalue weighted by Crippen LogP contribution is 2.32. The van der Waals surface area contributed by atoms with Crippen LogP contribution < -0.4 is 5.73 Å². The van der Waals surface area contributed by atoms with Crippen LogP contribution in [0.15, 0.2) is 18.2 Å². The molecule has 0 bridgehead atoms. The molecule has 1 atom stereocenters. The van der Waals surface area contributed by atoms with Gasteiger partial charge in [-0.3, -0.25) is 4.79 Å². The van der Waals surface area contributed by atoms with Crippen LogP contribution in [-0.2, 0) is 6.18 Å². The zero-order valence-electron chi connectivity index (χ0n) is 10.6. The second-order valence-corrected chi connectivity index (χ2v) is 4.69. The average molecular weight is 277 g/mol. The fraction of sp³-hybridized carbons (Fsp3) is 0.462. The van der Waals surface area contributed by atoms with Crippen molar-refractivity contribution in [3.63, 3.8) is 0 Å². The third-order valence-corrected chi connectivity index (χ3v) is 2.82. The number of alkyl halides is 3. The summed E-state index contributed by atoms with van der Waals surface area (Å²) in [6.45, 7) is 3.31. The maximum absolute atomic E-state index is 13.4. The summed E-state index contributed by atoms with van der Waals surface area (Å²) >= 11 is 0. The van der Waals surface area contributed by atoms with Gasteiger partial charge in [0.25, 0.3) is 0 Å². The molecule has 19 heavy (non-hydrogen) atoms. The molecule has 2 nitrogen and oxygen atoms in total. The van der Waals surface area contributed by atoms with Crippen LogP contribution in [-0.4, -0.2) is 11.3 Å². The minimum absolute atomic E-state index is 0.149. The van der Waals surface area contributed by atoms with E-state index in [0.717, 1.165) is 6.07 Å². The fourth-order valence-electron chi connectivity index (χ4n) is 1.85. The van der Waals surface area contributed by atoms with Crippen LogP contribution in [0.25, 0.3) is 0 Å². The number of nitrogens with two attached hydrogens (primary N) is 1. The average Bonchev–Trinajstić information content (AvgIpc) is 2.26. The lowest BCUT2D eigenvalue weighted by Crippen LogP contribution is -2.44. The normalized spacial score (nSPS) is 15.1. The summed E-state index contributed by atoms with van der Waals surface area (Å²) in [5, 5.41) is 0. The lowest BCUT2D eigenvalue weighted by atomic mass is 9.88. The second kappa shape index (κ2) is 5.28. The van der Waals surface area contributed by atoms with Crippen LogP contribution in [0.4, 0.5) is 17.6 Å². The van der Waals surface area contributed by atoms with Crippen molar-refractivity contribution in [2.24, 2.45) is 5.73 Å². The molecule has 2 N–H and O–H groups in total. The van der Waals surface area contributed by atoms with Crippen LogP contribution in [0.3, 0.4) is 0 Å². The number of halogens is 4. The largest absolute Gasteiger partial charge is 0.419 e. The molecule has 0 radical (unpaired) electrons. The SMILES string of the molecule is CCCC(C)(N)C(=O)c1ccc(C(F)(F)F)c(F)c1. The Balaban J connectivity index is 3.12. The van der Waals surface area contributed by atoms with Gasteiger partial charge < -0.3 is 5.73 Å². The molecule has 1 aromatic rings. The van der Waals surface area contributed by atoms with Crippen molar-refractivity contribution in [2.75, 3.05) is 0 Å². The van der Waals surface area contributed by atoms with E-state index in [0.29, 0.717) is 25.0 Å². The zero-order valence-corrected chi connectivity index (χ0v) is 10.6. The molecule has 0 saturated heterocycles. The topological polar surface area (TPSA) is 43.1 Å². The Labute approximate surface area is 108 Å². The number of Topliss-reactive ketones (excluding diaryl/α,β-unsaturated/α-hetero) is 1. The number of hydrogen-bond acceptors (Lipinski definition) is 2. The summed E-state index contributed by atoms with van der Waals surface area (Å²) in [5.41, 5.74) is 3.04. The van der Waals surface area contributed by atoms with E-state index in [1.165, 1.54) is 6.92 Å². The molecule has 1 rings (SSSR count). The van der Waals surface area contributed by atoms with Crippen molar-refractivity contribution in [3.8, 4) is 0 Å². The van der Waals surface area contributed by atoms with E-state index >= 15 is 0 Å². The quantitative estimate of drug-likeness (QED) is 0.675. The summed E-state index contributed by atoms with van der Waals surface area (Å²) in [7, 11) is 0. The van der Waals surface area contributed by atoms with Gasteiger partial charge in [0.15, 0.2) is 5.78 Å². The molecule has 0 spiro atoms. The molecule has 6 heteroatoms. The molecular weight excluding hydrogens is 262 g/mol. The van der Waals surface area contributed by atoms with E-state index < -0.39 is 28.9 Å². The molecule has 0 amide bonds. The first-order valence-corrected chi connectivity index (χ1v) is 5.80. The van der Waals surface area contributed by atoms with Crippen LogP contribution in [0.1, 0.15) is 42.6 Å². The number of ketones is 1. The van der Waals surface area contributed by atoms with Crippen LogP contribution in [0.5, 0.6) is 0 Å². The summed E-state index contributed by atoms with van der Waals surface area (Å²) in [5.74, 6) is -2.03. The molecule has 0 heterocycles. The maximum Gasteiger partial charge on any atom is 0.419 e. The number of carbonyl (C=O) groups excluding carboxylic acids is 1. The van der Waals surface area contributed by atoms with Crippen molar-refractivity contribution in [1.29, 1.82) is 0 Å². The standard InChI is InChI=1S/C13H15F4NO/c1-3-6-12(2,18)11(19)8-4-5-9(10(14)7-8)13(15,16)17/h4-5,7H,3,6,18H2,1-2H3. The molecule has 0 saturated carbocycles. The van der Waals surface area contributed by atoms with Gasteiger partial charge in [-0.05, 0) is 25.5 Å². The molecular formula is C13H15F4NO. The number of benzene rings is 1. The smallest absolute Gasteiger partial charge is 0.319 e. The van der Waals surface area contributed by atoms with Crippen molar-refractivity contribution in [2.45, 2.75) is 38.4 Å². The molecule has 106 valence electrons.